The highest BCUT2D eigenvalue weighted by molar-refractivity contribution is 5.46. The third-order valence-electron chi connectivity index (χ3n) is 4.80. The maximum Gasteiger partial charge on any atom is 0.296 e. The minimum absolute atomic E-state index is 0.400. The second-order valence-electron chi connectivity index (χ2n) is 6.77. The van der Waals surface area contributed by atoms with Gasteiger partial charge in [-0.05, 0) is 57.8 Å². The van der Waals surface area contributed by atoms with Gasteiger partial charge < -0.3 is 9.42 Å². The smallest absolute Gasteiger partial charge is 0.296 e. The number of piperidine rings is 1. The lowest BCUT2D eigenvalue weighted by molar-refractivity contribution is 0.182. The first-order chi connectivity index (χ1) is 12.2. The lowest BCUT2D eigenvalue weighted by Crippen LogP contribution is -2.34. The molecule has 132 valence electrons. The summed E-state index contributed by atoms with van der Waals surface area (Å²) >= 11 is 0. The Hall–Kier alpha value is -2.35. The number of likely N-dealkylation sites (tertiary alicyclic amines) is 1. The van der Waals surface area contributed by atoms with Crippen LogP contribution < -0.4 is 0 Å². The van der Waals surface area contributed by atoms with Gasteiger partial charge in [0, 0.05) is 18.3 Å². The van der Waals surface area contributed by atoms with Crippen LogP contribution in [0.15, 0.2) is 16.8 Å². The molecule has 1 saturated heterocycles. The van der Waals surface area contributed by atoms with Gasteiger partial charge in [-0.15, -0.1) is 10.2 Å². The van der Waals surface area contributed by atoms with Gasteiger partial charge in [-0.25, -0.2) is 4.98 Å². The maximum absolute atomic E-state index is 5.43. The molecule has 0 saturated carbocycles. The predicted octanol–water partition coefficient (Wildman–Crippen LogP) is 2.15. The van der Waals surface area contributed by atoms with Crippen molar-refractivity contribution in [2.45, 2.75) is 39.5 Å². The van der Waals surface area contributed by atoms with Crippen LogP contribution in [0, 0.1) is 12.8 Å². The number of aromatic nitrogens is 6. The molecule has 1 fully saturated rings. The standard InChI is InChI=1S/C17H23N7O/c1-3-7-23-8-5-13(6-9-23)11-14-19-16(25-22-14)15-20-21-17-18-12(2)4-10-24(15)17/h4,10,13H,3,5-9,11H2,1-2H3. The first kappa shape index (κ1) is 16.1. The second-order valence-corrected chi connectivity index (χ2v) is 6.77. The van der Waals surface area contributed by atoms with E-state index in [0.717, 1.165) is 17.9 Å². The summed E-state index contributed by atoms with van der Waals surface area (Å²) in [7, 11) is 0. The lowest BCUT2D eigenvalue weighted by atomic mass is 9.93. The second kappa shape index (κ2) is 6.87. The summed E-state index contributed by atoms with van der Waals surface area (Å²) < 4.78 is 7.20. The summed E-state index contributed by atoms with van der Waals surface area (Å²) in [5.74, 6) is 2.85. The zero-order chi connectivity index (χ0) is 17.2. The van der Waals surface area contributed by atoms with E-state index in [4.69, 9.17) is 4.52 Å². The van der Waals surface area contributed by atoms with E-state index >= 15 is 0 Å². The fraction of sp³-hybridized carbons (Fsp3) is 0.588. The highest BCUT2D eigenvalue weighted by atomic mass is 16.5. The average Bonchev–Trinajstić information content (AvgIpc) is 3.23. The van der Waals surface area contributed by atoms with Crippen molar-refractivity contribution in [3.05, 3.63) is 23.8 Å². The molecule has 0 aromatic carbocycles. The maximum atomic E-state index is 5.43. The Bertz CT molecular complexity index is 848. The van der Waals surface area contributed by atoms with Crippen molar-refractivity contribution in [2.75, 3.05) is 19.6 Å². The Morgan fingerprint density at radius 1 is 1.20 bits per heavy atom. The van der Waals surface area contributed by atoms with E-state index in [1.807, 2.05) is 19.2 Å². The molecule has 0 spiro atoms. The van der Waals surface area contributed by atoms with Gasteiger partial charge in [0.15, 0.2) is 5.82 Å². The molecule has 0 amide bonds. The Labute approximate surface area is 146 Å². The van der Waals surface area contributed by atoms with Crippen LogP contribution in [0.4, 0.5) is 0 Å². The molecule has 0 aliphatic carbocycles. The van der Waals surface area contributed by atoms with Gasteiger partial charge in [0.05, 0.1) is 0 Å². The van der Waals surface area contributed by atoms with E-state index < -0.39 is 0 Å². The molecule has 1 aliphatic heterocycles. The summed E-state index contributed by atoms with van der Waals surface area (Å²) in [6.45, 7) is 7.70. The Morgan fingerprint density at radius 2 is 2.04 bits per heavy atom. The third-order valence-corrected chi connectivity index (χ3v) is 4.80. The molecule has 1 aliphatic rings. The molecule has 0 radical (unpaired) electrons. The number of hydrogen-bond donors (Lipinski definition) is 0. The van der Waals surface area contributed by atoms with E-state index in [0.29, 0.717) is 23.4 Å². The summed E-state index contributed by atoms with van der Waals surface area (Å²) in [5.41, 5.74) is 0.895. The lowest BCUT2D eigenvalue weighted by Gasteiger charge is -2.31. The summed E-state index contributed by atoms with van der Waals surface area (Å²) in [6, 6.07) is 1.90. The Kier molecular flexibility index (Phi) is 4.44. The largest absolute Gasteiger partial charge is 0.330 e. The van der Waals surface area contributed by atoms with Crippen LogP contribution in [0.3, 0.4) is 0 Å². The van der Waals surface area contributed by atoms with Crippen LogP contribution in [0.1, 0.15) is 37.7 Å². The van der Waals surface area contributed by atoms with Gasteiger partial charge >= 0.3 is 0 Å². The van der Waals surface area contributed by atoms with Crippen LogP contribution in [0.5, 0.6) is 0 Å². The summed E-state index contributed by atoms with van der Waals surface area (Å²) in [6.07, 6.45) is 6.35. The van der Waals surface area contributed by atoms with E-state index in [1.165, 1.54) is 38.9 Å². The average molecular weight is 341 g/mol. The van der Waals surface area contributed by atoms with Crippen molar-refractivity contribution >= 4 is 5.78 Å². The van der Waals surface area contributed by atoms with Crippen LogP contribution in [0.2, 0.25) is 0 Å². The van der Waals surface area contributed by atoms with Gasteiger partial charge in [-0.3, -0.25) is 4.40 Å². The SMILES string of the molecule is CCCN1CCC(Cc2noc(-c3nnc4nc(C)ccn34)n2)CC1. The predicted molar refractivity (Wildman–Crippen MR) is 92.0 cm³/mol. The molecule has 0 N–H and O–H groups in total. The van der Waals surface area contributed by atoms with Crippen molar-refractivity contribution in [1.82, 2.24) is 34.6 Å². The number of hydrogen-bond acceptors (Lipinski definition) is 7. The monoisotopic (exact) mass is 341 g/mol. The van der Waals surface area contributed by atoms with Crippen molar-refractivity contribution in [2.24, 2.45) is 5.92 Å². The molecule has 8 nitrogen and oxygen atoms in total. The molecular formula is C17H23N7O. The molecule has 3 aromatic heterocycles. The van der Waals surface area contributed by atoms with Gasteiger partial charge in [0.1, 0.15) is 0 Å². The fourth-order valence-electron chi connectivity index (χ4n) is 3.44. The van der Waals surface area contributed by atoms with Gasteiger partial charge in [0.2, 0.25) is 5.82 Å². The number of fused-ring (bicyclic) bond motifs is 1. The van der Waals surface area contributed by atoms with Gasteiger partial charge in [-0.1, -0.05) is 12.1 Å². The first-order valence-corrected chi connectivity index (χ1v) is 8.96. The van der Waals surface area contributed by atoms with E-state index in [1.54, 1.807) is 4.40 Å². The molecule has 8 heteroatoms. The van der Waals surface area contributed by atoms with Crippen LogP contribution in [0.25, 0.3) is 17.5 Å². The summed E-state index contributed by atoms with van der Waals surface area (Å²) in [5, 5.41) is 12.4. The summed E-state index contributed by atoms with van der Waals surface area (Å²) in [4.78, 5) is 11.4. The third kappa shape index (κ3) is 3.39. The Balaban J connectivity index is 1.45. The van der Waals surface area contributed by atoms with Crippen molar-refractivity contribution in [3.63, 3.8) is 0 Å². The molecule has 3 aromatic rings. The topological polar surface area (TPSA) is 85.2 Å². The molecule has 25 heavy (non-hydrogen) atoms. The number of nitrogens with zero attached hydrogens (tertiary/aromatic N) is 7. The first-order valence-electron chi connectivity index (χ1n) is 8.96. The van der Waals surface area contributed by atoms with Crippen LogP contribution in [-0.4, -0.2) is 54.3 Å². The minimum Gasteiger partial charge on any atom is -0.330 e. The minimum atomic E-state index is 0.400. The van der Waals surface area contributed by atoms with Crippen molar-refractivity contribution < 1.29 is 4.52 Å². The zero-order valence-corrected chi connectivity index (χ0v) is 14.7. The van der Waals surface area contributed by atoms with Crippen molar-refractivity contribution in [3.8, 4) is 11.7 Å². The van der Waals surface area contributed by atoms with Crippen LogP contribution >= 0.6 is 0 Å². The highest BCUT2D eigenvalue weighted by Crippen LogP contribution is 2.22. The van der Waals surface area contributed by atoms with Crippen LogP contribution in [-0.2, 0) is 6.42 Å². The molecular weight excluding hydrogens is 318 g/mol. The molecule has 4 heterocycles. The van der Waals surface area contributed by atoms with Gasteiger partial charge in [-0.2, -0.15) is 4.98 Å². The molecule has 0 unspecified atom stereocenters. The zero-order valence-electron chi connectivity index (χ0n) is 14.7. The molecule has 0 atom stereocenters. The Morgan fingerprint density at radius 3 is 2.84 bits per heavy atom. The van der Waals surface area contributed by atoms with Crippen molar-refractivity contribution in [1.29, 1.82) is 0 Å². The number of rotatable bonds is 5. The molecule has 0 bridgehead atoms. The highest BCUT2D eigenvalue weighted by Gasteiger charge is 2.22. The molecule has 4 rings (SSSR count). The van der Waals surface area contributed by atoms with E-state index in [9.17, 15) is 0 Å². The van der Waals surface area contributed by atoms with E-state index in [-0.39, 0.29) is 0 Å². The van der Waals surface area contributed by atoms with Gasteiger partial charge in [0.25, 0.3) is 11.7 Å². The van der Waals surface area contributed by atoms with E-state index in [2.05, 4.69) is 37.1 Å². The fourth-order valence-corrected chi connectivity index (χ4v) is 3.44. The number of aryl methyl sites for hydroxylation is 1. The normalized spacial score (nSPS) is 16.7. The quantitative estimate of drug-likeness (QED) is 0.703.